The molecule has 1 N–H and O–H groups in total. The summed E-state index contributed by atoms with van der Waals surface area (Å²) in [6.45, 7) is 4.45. The molecule has 1 aliphatic rings. The number of ether oxygens (including phenoxy) is 2. The normalized spacial score (nSPS) is 17.1. The van der Waals surface area contributed by atoms with Crippen LogP contribution in [0.15, 0.2) is 24.3 Å². The topological polar surface area (TPSA) is 30.5 Å². The maximum absolute atomic E-state index is 5.40. The Morgan fingerprint density at radius 3 is 2.56 bits per heavy atom. The van der Waals surface area contributed by atoms with Crippen LogP contribution in [-0.2, 0) is 4.74 Å². The average Bonchev–Trinajstić information content (AvgIpc) is 2.33. The highest BCUT2D eigenvalue weighted by molar-refractivity contribution is 5.47. The Morgan fingerprint density at radius 1 is 1.25 bits per heavy atom. The summed E-state index contributed by atoms with van der Waals surface area (Å²) < 4.78 is 10.7. The number of hydrogen-bond donors (Lipinski definition) is 1. The first kappa shape index (κ1) is 11.3. The molecule has 3 heteroatoms. The number of rotatable bonds is 4. The van der Waals surface area contributed by atoms with E-state index in [9.17, 15) is 0 Å². The molecular weight excluding hydrogens is 202 g/mol. The van der Waals surface area contributed by atoms with Crippen molar-refractivity contribution >= 4 is 5.69 Å². The number of hydrogen-bond acceptors (Lipinski definition) is 3. The summed E-state index contributed by atoms with van der Waals surface area (Å²) in [5.74, 6) is 0.931. The van der Waals surface area contributed by atoms with Gasteiger partial charge in [-0.15, -0.1) is 0 Å². The molecule has 0 aromatic heterocycles. The molecule has 0 spiro atoms. The summed E-state index contributed by atoms with van der Waals surface area (Å²) in [5.41, 5.74) is 1.16. The Morgan fingerprint density at radius 2 is 1.94 bits per heavy atom. The molecule has 3 nitrogen and oxygen atoms in total. The molecule has 2 rings (SSSR count). The second-order valence-corrected chi connectivity index (χ2v) is 3.99. The average molecular weight is 221 g/mol. The Bertz CT molecular complexity index is 304. The summed E-state index contributed by atoms with van der Waals surface area (Å²) in [5, 5.41) is 3.51. The first-order valence-electron chi connectivity index (χ1n) is 5.95. The molecular formula is C13H19NO2. The van der Waals surface area contributed by atoms with E-state index in [1.807, 2.05) is 19.1 Å². The van der Waals surface area contributed by atoms with Gasteiger partial charge in [0.05, 0.1) is 6.61 Å². The van der Waals surface area contributed by atoms with Gasteiger partial charge in [-0.3, -0.25) is 0 Å². The van der Waals surface area contributed by atoms with Gasteiger partial charge in [0.2, 0.25) is 0 Å². The Hall–Kier alpha value is -1.22. The SMILES string of the molecule is CCOc1ccc(NC2CCOCC2)cc1. The standard InChI is InChI=1S/C13H19NO2/c1-2-16-13-5-3-11(4-6-13)14-12-7-9-15-10-8-12/h3-6,12,14H,2,7-10H2,1H3. The molecule has 1 aromatic rings. The Balaban J connectivity index is 1.88. The maximum atomic E-state index is 5.40. The van der Waals surface area contributed by atoms with Crippen molar-refractivity contribution in [3.63, 3.8) is 0 Å². The lowest BCUT2D eigenvalue weighted by Crippen LogP contribution is -2.27. The molecule has 16 heavy (non-hydrogen) atoms. The lowest BCUT2D eigenvalue weighted by Gasteiger charge is -2.24. The molecule has 1 heterocycles. The number of anilines is 1. The van der Waals surface area contributed by atoms with Crippen LogP contribution < -0.4 is 10.1 Å². The molecule has 1 saturated heterocycles. The van der Waals surface area contributed by atoms with Gasteiger partial charge in [0.15, 0.2) is 0 Å². The fourth-order valence-corrected chi connectivity index (χ4v) is 1.89. The smallest absolute Gasteiger partial charge is 0.119 e. The lowest BCUT2D eigenvalue weighted by atomic mass is 10.1. The minimum absolute atomic E-state index is 0.548. The van der Waals surface area contributed by atoms with Crippen LogP contribution in [0.5, 0.6) is 5.75 Å². The van der Waals surface area contributed by atoms with Crippen molar-refractivity contribution < 1.29 is 9.47 Å². The van der Waals surface area contributed by atoms with Crippen molar-refractivity contribution in [3.05, 3.63) is 24.3 Å². The van der Waals surface area contributed by atoms with Crippen LogP contribution >= 0.6 is 0 Å². The molecule has 0 saturated carbocycles. The van der Waals surface area contributed by atoms with E-state index in [4.69, 9.17) is 9.47 Å². The highest BCUT2D eigenvalue weighted by Crippen LogP contribution is 2.18. The van der Waals surface area contributed by atoms with E-state index in [0.29, 0.717) is 12.6 Å². The zero-order chi connectivity index (χ0) is 11.2. The second-order valence-electron chi connectivity index (χ2n) is 3.99. The number of benzene rings is 1. The van der Waals surface area contributed by atoms with Gasteiger partial charge < -0.3 is 14.8 Å². The van der Waals surface area contributed by atoms with Gasteiger partial charge in [0, 0.05) is 24.9 Å². The highest BCUT2D eigenvalue weighted by Gasteiger charge is 2.12. The largest absolute Gasteiger partial charge is 0.494 e. The first-order chi connectivity index (χ1) is 7.88. The molecule has 1 aromatic carbocycles. The van der Waals surface area contributed by atoms with E-state index in [2.05, 4.69) is 17.4 Å². The summed E-state index contributed by atoms with van der Waals surface area (Å²) in [6, 6.07) is 8.70. The van der Waals surface area contributed by atoms with Crippen molar-refractivity contribution in [1.82, 2.24) is 0 Å². The minimum atomic E-state index is 0.548. The van der Waals surface area contributed by atoms with E-state index in [1.54, 1.807) is 0 Å². The van der Waals surface area contributed by atoms with Gasteiger partial charge in [-0.2, -0.15) is 0 Å². The number of nitrogens with one attached hydrogen (secondary N) is 1. The molecule has 0 bridgehead atoms. The quantitative estimate of drug-likeness (QED) is 0.848. The van der Waals surface area contributed by atoms with Crippen LogP contribution in [-0.4, -0.2) is 25.9 Å². The van der Waals surface area contributed by atoms with Gasteiger partial charge in [0.25, 0.3) is 0 Å². The van der Waals surface area contributed by atoms with Gasteiger partial charge >= 0.3 is 0 Å². The van der Waals surface area contributed by atoms with E-state index in [-0.39, 0.29) is 0 Å². The Labute approximate surface area is 96.8 Å². The monoisotopic (exact) mass is 221 g/mol. The molecule has 0 atom stereocenters. The van der Waals surface area contributed by atoms with Crippen LogP contribution in [0.4, 0.5) is 5.69 Å². The third-order valence-corrected chi connectivity index (χ3v) is 2.76. The van der Waals surface area contributed by atoms with Crippen molar-refractivity contribution in [2.75, 3.05) is 25.1 Å². The van der Waals surface area contributed by atoms with Crippen molar-refractivity contribution in [2.45, 2.75) is 25.8 Å². The zero-order valence-corrected chi connectivity index (χ0v) is 9.74. The zero-order valence-electron chi connectivity index (χ0n) is 9.74. The van der Waals surface area contributed by atoms with Gasteiger partial charge in [-0.25, -0.2) is 0 Å². The van der Waals surface area contributed by atoms with E-state index >= 15 is 0 Å². The van der Waals surface area contributed by atoms with Crippen LogP contribution in [0, 0.1) is 0 Å². The van der Waals surface area contributed by atoms with E-state index < -0.39 is 0 Å². The molecule has 1 fully saturated rings. The molecule has 0 unspecified atom stereocenters. The molecule has 1 aliphatic heterocycles. The molecule has 88 valence electrons. The third-order valence-electron chi connectivity index (χ3n) is 2.76. The van der Waals surface area contributed by atoms with Crippen molar-refractivity contribution in [1.29, 1.82) is 0 Å². The van der Waals surface area contributed by atoms with Gasteiger partial charge in [-0.1, -0.05) is 0 Å². The first-order valence-corrected chi connectivity index (χ1v) is 5.95. The van der Waals surface area contributed by atoms with Gasteiger partial charge in [-0.05, 0) is 44.0 Å². The van der Waals surface area contributed by atoms with Crippen molar-refractivity contribution in [2.24, 2.45) is 0 Å². The molecule has 0 aliphatic carbocycles. The molecule has 0 radical (unpaired) electrons. The van der Waals surface area contributed by atoms with Crippen LogP contribution in [0.25, 0.3) is 0 Å². The van der Waals surface area contributed by atoms with E-state index in [0.717, 1.165) is 37.5 Å². The maximum Gasteiger partial charge on any atom is 0.119 e. The summed E-state index contributed by atoms with van der Waals surface area (Å²) >= 11 is 0. The minimum Gasteiger partial charge on any atom is -0.494 e. The van der Waals surface area contributed by atoms with E-state index in [1.165, 1.54) is 0 Å². The van der Waals surface area contributed by atoms with Crippen molar-refractivity contribution in [3.8, 4) is 5.75 Å². The predicted molar refractivity (Wildman–Crippen MR) is 65.1 cm³/mol. The highest BCUT2D eigenvalue weighted by atomic mass is 16.5. The lowest BCUT2D eigenvalue weighted by molar-refractivity contribution is 0.0904. The fraction of sp³-hybridized carbons (Fsp3) is 0.538. The predicted octanol–water partition coefficient (Wildman–Crippen LogP) is 2.68. The Kier molecular flexibility index (Phi) is 4.05. The van der Waals surface area contributed by atoms with Crippen LogP contribution in [0.1, 0.15) is 19.8 Å². The summed E-state index contributed by atoms with van der Waals surface area (Å²) in [6.07, 6.45) is 2.18. The fourth-order valence-electron chi connectivity index (χ4n) is 1.89. The van der Waals surface area contributed by atoms with Gasteiger partial charge in [0.1, 0.15) is 5.75 Å². The summed E-state index contributed by atoms with van der Waals surface area (Å²) in [4.78, 5) is 0. The summed E-state index contributed by atoms with van der Waals surface area (Å²) in [7, 11) is 0. The second kappa shape index (κ2) is 5.75. The van der Waals surface area contributed by atoms with Crippen LogP contribution in [0.2, 0.25) is 0 Å². The molecule has 0 amide bonds. The van der Waals surface area contributed by atoms with Crippen LogP contribution in [0.3, 0.4) is 0 Å². The third kappa shape index (κ3) is 3.14.